The monoisotopic (exact) mass is 386 g/mol. The van der Waals surface area contributed by atoms with Crippen LogP contribution in [0.1, 0.15) is 25.6 Å². The highest BCUT2D eigenvalue weighted by Gasteiger charge is 2.21. The number of hydrogen-bond donors (Lipinski definition) is 1. The van der Waals surface area contributed by atoms with Crippen LogP contribution in [0.3, 0.4) is 0 Å². The summed E-state index contributed by atoms with van der Waals surface area (Å²) in [5.41, 5.74) is 2.02. The van der Waals surface area contributed by atoms with Crippen molar-refractivity contribution in [2.24, 2.45) is 7.05 Å². The topological polar surface area (TPSA) is 63.3 Å². The number of imidazole rings is 1. The molecule has 3 rings (SSSR count). The predicted molar refractivity (Wildman–Crippen MR) is 109 cm³/mol. The molecule has 1 amide bonds. The number of fused-ring (bicyclic) bond motifs is 1. The van der Waals surface area contributed by atoms with Crippen LogP contribution < -0.4 is 5.32 Å². The number of aryl methyl sites for hydroxylation is 1. The van der Waals surface area contributed by atoms with Crippen LogP contribution in [0.25, 0.3) is 11.0 Å². The number of hydrogen-bond acceptors (Lipinski definition) is 5. The van der Waals surface area contributed by atoms with Crippen LogP contribution in [-0.2, 0) is 11.8 Å². The van der Waals surface area contributed by atoms with Crippen molar-refractivity contribution in [2.45, 2.75) is 25.0 Å². The molecule has 27 heavy (non-hydrogen) atoms. The largest absolute Gasteiger partial charge is 0.468 e. The lowest BCUT2D eigenvalue weighted by molar-refractivity contribution is -0.118. The summed E-state index contributed by atoms with van der Waals surface area (Å²) in [6.07, 6.45) is 1.68. The highest BCUT2D eigenvalue weighted by atomic mass is 32.2. The first-order valence-electron chi connectivity index (χ1n) is 9.22. The van der Waals surface area contributed by atoms with Crippen LogP contribution in [0.4, 0.5) is 0 Å². The van der Waals surface area contributed by atoms with Gasteiger partial charge in [-0.3, -0.25) is 9.69 Å². The molecule has 1 unspecified atom stereocenters. The van der Waals surface area contributed by atoms with Gasteiger partial charge in [-0.15, -0.1) is 0 Å². The standard InChI is InChI=1S/C20H26N4O2S/c1-4-24(5-2)17(18-11-8-12-26-18)13-21-19(25)14-27-20-22-15-9-6-7-10-16(15)23(20)3/h6-12,17H,4-5,13-14H2,1-3H3,(H,21,25). The molecule has 1 aromatic carbocycles. The molecular formula is C20H26N4O2S. The maximum Gasteiger partial charge on any atom is 0.230 e. The van der Waals surface area contributed by atoms with E-state index in [0.29, 0.717) is 12.3 Å². The van der Waals surface area contributed by atoms with E-state index in [-0.39, 0.29) is 11.9 Å². The number of nitrogens with one attached hydrogen (secondary N) is 1. The van der Waals surface area contributed by atoms with Crippen molar-refractivity contribution < 1.29 is 9.21 Å². The van der Waals surface area contributed by atoms with Gasteiger partial charge >= 0.3 is 0 Å². The second-order valence-corrected chi connectivity index (χ2v) is 7.23. The third-order valence-electron chi connectivity index (χ3n) is 4.70. The van der Waals surface area contributed by atoms with Crippen molar-refractivity contribution in [3.63, 3.8) is 0 Å². The van der Waals surface area contributed by atoms with E-state index in [1.807, 2.05) is 48.0 Å². The van der Waals surface area contributed by atoms with Gasteiger partial charge in [0.2, 0.25) is 5.91 Å². The second-order valence-electron chi connectivity index (χ2n) is 6.29. The third kappa shape index (κ3) is 4.54. The Morgan fingerprint density at radius 2 is 2.04 bits per heavy atom. The molecule has 0 fully saturated rings. The van der Waals surface area contributed by atoms with E-state index in [9.17, 15) is 4.79 Å². The van der Waals surface area contributed by atoms with Crippen LogP contribution in [0.15, 0.2) is 52.2 Å². The Morgan fingerprint density at radius 1 is 1.26 bits per heavy atom. The number of benzene rings is 1. The summed E-state index contributed by atoms with van der Waals surface area (Å²) in [7, 11) is 1.98. The molecule has 0 aliphatic heterocycles. The molecular weight excluding hydrogens is 360 g/mol. The fourth-order valence-corrected chi connectivity index (χ4v) is 4.02. The minimum absolute atomic E-state index is 0.00392. The van der Waals surface area contributed by atoms with Gasteiger partial charge in [-0.1, -0.05) is 37.7 Å². The van der Waals surface area contributed by atoms with E-state index < -0.39 is 0 Å². The van der Waals surface area contributed by atoms with E-state index in [1.54, 1.807) is 6.26 Å². The summed E-state index contributed by atoms with van der Waals surface area (Å²) in [5, 5.41) is 3.89. The summed E-state index contributed by atoms with van der Waals surface area (Å²) in [4.78, 5) is 19.3. The Hall–Kier alpha value is -2.25. The molecule has 0 aliphatic rings. The molecule has 0 saturated carbocycles. The maximum absolute atomic E-state index is 12.4. The first kappa shape index (κ1) is 19.5. The lowest BCUT2D eigenvalue weighted by atomic mass is 10.2. The Morgan fingerprint density at radius 3 is 2.70 bits per heavy atom. The highest BCUT2D eigenvalue weighted by Crippen LogP contribution is 2.23. The Labute approximate surface area is 163 Å². The van der Waals surface area contributed by atoms with Gasteiger partial charge in [0.05, 0.1) is 29.1 Å². The molecule has 0 saturated heterocycles. The molecule has 0 aliphatic carbocycles. The number of nitrogens with zero attached hydrogens (tertiary/aromatic N) is 3. The van der Waals surface area contributed by atoms with E-state index in [1.165, 1.54) is 11.8 Å². The van der Waals surface area contributed by atoms with Gasteiger partial charge in [0.15, 0.2) is 5.16 Å². The van der Waals surface area contributed by atoms with Gasteiger partial charge in [-0.2, -0.15) is 0 Å². The highest BCUT2D eigenvalue weighted by molar-refractivity contribution is 7.99. The zero-order valence-corrected chi connectivity index (χ0v) is 16.8. The summed E-state index contributed by atoms with van der Waals surface area (Å²) in [5.74, 6) is 1.21. The summed E-state index contributed by atoms with van der Waals surface area (Å²) in [6.45, 7) is 6.54. The Balaban J connectivity index is 1.58. The fourth-order valence-electron chi connectivity index (χ4n) is 3.20. The SMILES string of the molecule is CCN(CC)C(CNC(=O)CSc1nc2ccccc2n1C)c1ccco1. The summed E-state index contributed by atoms with van der Waals surface area (Å²) >= 11 is 1.45. The van der Waals surface area contributed by atoms with Crippen LogP contribution in [0.5, 0.6) is 0 Å². The van der Waals surface area contributed by atoms with Crippen LogP contribution >= 0.6 is 11.8 Å². The number of amides is 1. The van der Waals surface area contributed by atoms with Crippen LogP contribution in [0.2, 0.25) is 0 Å². The van der Waals surface area contributed by atoms with E-state index >= 15 is 0 Å². The van der Waals surface area contributed by atoms with Crippen molar-refractivity contribution in [1.82, 2.24) is 19.8 Å². The van der Waals surface area contributed by atoms with E-state index in [4.69, 9.17) is 4.42 Å². The van der Waals surface area contributed by atoms with E-state index in [2.05, 4.69) is 29.0 Å². The first-order chi connectivity index (χ1) is 13.1. The average Bonchev–Trinajstić information content (AvgIpc) is 3.32. The van der Waals surface area contributed by atoms with Crippen LogP contribution in [0, 0.1) is 0 Å². The smallest absolute Gasteiger partial charge is 0.230 e. The molecule has 144 valence electrons. The van der Waals surface area contributed by atoms with Gasteiger partial charge in [0, 0.05) is 13.6 Å². The number of rotatable bonds is 9. The normalized spacial score (nSPS) is 12.6. The number of likely N-dealkylation sites (N-methyl/N-ethyl adjacent to an activating group) is 1. The lowest BCUT2D eigenvalue weighted by Gasteiger charge is -2.28. The number of carbonyl (C=O) groups excluding carboxylic acids is 1. The molecule has 6 nitrogen and oxygen atoms in total. The number of para-hydroxylation sites is 2. The molecule has 1 atom stereocenters. The molecule has 3 aromatic rings. The molecule has 0 spiro atoms. The minimum atomic E-state index is -0.00392. The van der Waals surface area contributed by atoms with E-state index in [0.717, 1.165) is 35.0 Å². The van der Waals surface area contributed by atoms with Crippen molar-refractivity contribution in [1.29, 1.82) is 0 Å². The minimum Gasteiger partial charge on any atom is -0.468 e. The Bertz CT molecular complexity index is 871. The molecule has 1 N–H and O–H groups in total. The quantitative estimate of drug-likeness (QED) is 0.571. The molecule has 7 heteroatoms. The number of aromatic nitrogens is 2. The summed E-state index contributed by atoms with van der Waals surface area (Å²) < 4.78 is 7.60. The zero-order chi connectivity index (χ0) is 19.2. The van der Waals surface area contributed by atoms with Crippen molar-refractivity contribution in [2.75, 3.05) is 25.4 Å². The molecule has 0 radical (unpaired) electrons. The van der Waals surface area contributed by atoms with Crippen molar-refractivity contribution in [3.05, 3.63) is 48.4 Å². The maximum atomic E-state index is 12.4. The van der Waals surface area contributed by atoms with Gasteiger partial charge in [0.1, 0.15) is 5.76 Å². The summed E-state index contributed by atoms with van der Waals surface area (Å²) in [6, 6.07) is 11.9. The average molecular weight is 387 g/mol. The second kappa shape index (κ2) is 9.10. The third-order valence-corrected chi connectivity index (χ3v) is 5.73. The van der Waals surface area contributed by atoms with Gasteiger partial charge in [-0.05, 0) is 37.4 Å². The number of furan rings is 1. The molecule has 2 aromatic heterocycles. The zero-order valence-electron chi connectivity index (χ0n) is 16.0. The van der Waals surface area contributed by atoms with Crippen molar-refractivity contribution >= 4 is 28.7 Å². The predicted octanol–water partition coefficient (Wildman–Crippen LogP) is 3.46. The lowest BCUT2D eigenvalue weighted by Crippen LogP contribution is -2.38. The van der Waals surface area contributed by atoms with Crippen molar-refractivity contribution in [3.8, 4) is 0 Å². The van der Waals surface area contributed by atoms with Crippen LogP contribution in [-0.4, -0.2) is 45.7 Å². The molecule has 0 bridgehead atoms. The fraction of sp³-hybridized carbons (Fsp3) is 0.400. The first-order valence-corrected chi connectivity index (χ1v) is 10.2. The van der Waals surface area contributed by atoms with Gasteiger partial charge in [0.25, 0.3) is 0 Å². The van der Waals surface area contributed by atoms with Gasteiger partial charge < -0.3 is 14.3 Å². The Kier molecular flexibility index (Phi) is 6.58. The molecule has 2 heterocycles. The number of carbonyl (C=O) groups is 1. The van der Waals surface area contributed by atoms with Gasteiger partial charge in [-0.25, -0.2) is 4.98 Å². The number of thioether (sulfide) groups is 1.